The van der Waals surface area contributed by atoms with E-state index in [1.165, 1.54) is 12.3 Å². The largest absolute Gasteiger partial charge is 0.419 e. The van der Waals surface area contributed by atoms with Gasteiger partial charge in [-0.1, -0.05) is 6.07 Å². The van der Waals surface area contributed by atoms with Gasteiger partial charge in [0.05, 0.1) is 11.3 Å². The molecule has 2 rings (SSSR count). The summed E-state index contributed by atoms with van der Waals surface area (Å²) in [6, 6.07) is 6.09. The highest BCUT2D eigenvalue weighted by Gasteiger charge is 2.33. The molecule has 0 radical (unpaired) electrons. The number of halogens is 4. The third-order valence-corrected chi connectivity index (χ3v) is 2.62. The molecule has 1 aromatic carbocycles. The number of benzene rings is 1. The maximum Gasteiger partial charge on any atom is 0.419 e. The van der Waals surface area contributed by atoms with Crippen molar-refractivity contribution in [2.45, 2.75) is 6.18 Å². The Labute approximate surface area is 107 Å². The molecule has 1 aromatic heterocycles. The molecule has 0 saturated heterocycles. The first-order chi connectivity index (χ1) is 8.91. The number of pyridine rings is 1. The van der Waals surface area contributed by atoms with Gasteiger partial charge in [-0.15, -0.1) is 0 Å². The summed E-state index contributed by atoms with van der Waals surface area (Å²) in [5.74, 6) is -1.30. The molecule has 0 amide bonds. The highest BCUT2D eigenvalue weighted by atomic mass is 19.4. The third kappa shape index (κ3) is 2.83. The standard InChI is InChI=1S/C13H10F4N2/c1-18-9-4-5-19-12(7-9)8-2-3-10(11(14)6-8)13(15,16)17/h2-7H,1H3,(H,18,19). The van der Waals surface area contributed by atoms with Crippen LogP contribution in [0.1, 0.15) is 5.56 Å². The molecule has 0 aliphatic rings. The van der Waals surface area contributed by atoms with Crippen molar-refractivity contribution in [3.8, 4) is 11.3 Å². The van der Waals surface area contributed by atoms with E-state index in [4.69, 9.17) is 0 Å². The van der Waals surface area contributed by atoms with Crippen LogP contribution in [0.2, 0.25) is 0 Å². The van der Waals surface area contributed by atoms with E-state index in [2.05, 4.69) is 10.3 Å². The van der Waals surface area contributed by atoms with Gasteiger partial charge in [-0.3, -0.25) is 4.98 Å². The van der Waals surface area contributed by atoms with Gasteiger partial charge in [0.1, 0.15) is 5.82 Å². The lowest BCUT2D eigenvalue weighted by Crippen LogP contribution is -2.07. The first-order valence-electron chi connectivity index (χ1n) is 5.43. The van der Waals surface area contributed by atoms with Crippen LogP contribution in [0.25, 0.3) is 11.3 Å². The molecule has 1 heterocycles. The van der Waals surface area contributed by atoms with Gasteiger partial charge in [0.25, 0.3) is 0 Å². The van der Waals surface area contributed by atoms with E-state index in [0.717, 1.165) is 17.8 Å². The molecular weight excluding hydrogens is 260 g/mol. The van der Waals surface area contributed by atoms with E-state index in [1.54, 1.807) is 19.2 Å². The van der Waals surface area contributed by atoms with Crippen LogP contribution in [0.5, 0.6) is 0 Å². The van der Waals surface area contributed by atoms with Gasteiger partial charge >= 0.3 is 6.18 Å². The van der Waals surface area contributed by atoms with E-state index in [9.17, 15) is 17.6 Å². The summed E-state index contributed by atoms with van der Waals surface area (Å²) in [7, 11) is 1.70. The van der Waals surface area contributed by atoms with Crippen LogP contribution in [0.4, 0.5) is 23.2 Å². The number of anilines is 1. The Morgan fingerprint density at radius 2 is 1.84 bits per heavy atom. The van der Waals surface area contributed by atoms with E-state index in [0.29, 0.717) is 11.3 Å². The second-order valence-corrected chi connectivity index (χ2v) is 3.87. The van der Waals surface area contributed by atoms with E-state index >= 15 is 0 Å². The minimum Gasteiger partial charge on any atom is -0.388 e. The molecule has 0 fully saturated rings. The van der Waals surface area contributed by atoms with Gasteiger partial charge < -0.3 is 5.32 Å². The summed E-state index contributed by atoms with van der Waals surface area (Å²) in [5.41, 5.74) is 0.161. The van der Waals surface area contributed by atoms with Crippen LogP contribution in [0.15, 0.2) is 36.5 Å². The zero-order chi connectivity index (χ0) is 14.0. The highest BCUT2D eigenvalue weighted by molar-refractivity contribution is 5.64. The van der Waals surface area contributed by atoms with E-state index in [-0.39, 0.29) is 0 Å². The average molecular weight is 270 g/mol. The van der Waals surface area contributed by atoms with Crippen molar-refractivity contribution in [2.24, 2.45) is 0 Å². The predicted octanol–water partition coefficient (Wildman–Crippen LogP) is 3.95. The second kappa shape index (κ2) is 4.87. The Morgan fingerprint density at radius 3 is 2.42 bits per heavy atom. The van der Waals surface area contributed by atoms with Crippen molar-refractivity contribution < 1.29 is 17.6 Å². The summed E-state index contributed by atoms with van der Waals surface area (Å²) in [4.78, 5) is 4.00. The van der Waals surface area contributed by atoms with Crippen LogP contribution in [0, 0.1) is 5.82 Å². The number of alkyl halides is 3. The van der Waals surface area contributed by atoms with Crippen LogP contribution >= 0.6 is 0 Å². The smallest absolute Gasteiger partial charge is 0.388 e. The van der Waals surface area contributed by atoms with Gasteiger partial charge in [-0.05, 0) is 24.3 Å². The van der Waals surface area contributed by atoms with E-state index < -0.39 is 17.6 Å². The number of rotatable bonds is 2. The van der Waals surface area contributed by atoms with Crippen molar-refractivity contribution in [2.75, 3.05) is 12.4 Å². The third-order valence-electron chi connectivity index (χ3n) is 2.62. The van der Waals surface area contributed by atoms with Gasteiger partial charge in [-0.25, -0.2) is 4.39 Å². The Kier molecular flexibility index (Phi) is 3.42. The summed E-state index contributed by atoms with van der Waals surface area (Å²) in [6.45, 7) is 0. The molecule has 0 bridgehead atoms. The molecule has 1 N–H and O–H groups in total. The first-order valence-corrected chi connectivity index (χ1v) is 5.43. The second-order valence-electron chi connectivity index (χ2n) is 3.87. The summed E-state index contributed by atoms with van der Waals surface area (Å²) in [5, 5.41) is 2.87. The van der Waals surface area contributed by atoms with E-state index in [1.807, 2.05) is 0 Å². The lowest BCUT2D eigenvalue weighted by molar-refractivity contribution is -0.139. The van der Waals surface area contributed by atoms with Crippen LogP contribution in [-0.4, -0.2) is 12.0 Å². The predicted molar refractivity (Wildman–Crippen MR) is 64.2 cm³/mol. The molecule has 100 valence electrons. The maximum atomic E-state index is 13.5. The number of nitrogens with zero attached hydrogens (tertiary/aromatic N) is 1. The fourth-order valence-electron chi connectivity index (χ4n) is 1.65. The molecule has 19 heavy (non-hydrogen) atoms. The Morgan fingerprint density at radius 1 is 1.11 bits per heavy atom. The molecule has 0 spiro atoms. The Bertz CT molecular complexity index is 593. The average Bonchev–Trinajstić information content (AvgIpc) is 2.37. The Balaban J connectivity index is 2.44. The van der Waals surface area contributed by atoms with Gasteiger partial charge in [0.2, 0.25) is 0 Å². The number of hydrogen-bond donors (Lipinski definition) is 1. The summed E-state index contributed by atoms with van der Waals surface area (Å²) in [6.07, 6.45) is -3.19. The minimum atomic E-state index is -4.69. The monoisotopic (exact) mass is 270 g/mol. The van der Waals surface area contributed by atoms with Crippen LogP contribution in [0.3, 0.4) is 0 Å². The van der Waals surface area contributed by atoms with Crippen molar-refractivity contribution in [1.82, 2.24) is 4.98 Å². The molecule has 0 aliphatic heterocycles. The molecular formula is C13H10F4N2. The van der Waals surface area contributed by atoms with Crippen molar-refractivity contribution in [3.05, 3.63) is 47.9 Å². The Hall–Kier alpha value is -2.11. The first kappa shape index (κ1) is 13.3. The molecule has 0 unspecified atom stereocenters. The maximum absolute atomic E-state index is 13.5. The normalized spacial score (nSPS) is 11.4. The lowest BCUT2D eigenvalue weighted by atomic mass is 10.1. The van der Waals surface area contributed by atoms with Gasteiger partial charge in [0, 0.05) is 24.5 Å². The fraction of sp³-hybridized carbons (Fsp3) is 0.154. The molecule has 2 nitrogen and oxygen atoms in total. The van der Waals surface area contributed by atoms with Crippen LogP contribution < -0.4 is 5.32 Å². The van der Waals surface area contributed by atoms with Crippen LogP contribution in [-0.2, 0) is 6.18 Å². The SMILES string of the molecule is CNc1ccnc(-c2ccc(C(F)(F)F)c(F)c2)c1. The van der Waals surface area contributed by atoms with Gasteiger partial charge in [0.15, 0.2) is 0 Å². The molecule has 2 aromatic rings. The number of hydrogen-bond acceptors (Lipinski definition) is 2. The molecule has 6 heteroatoms. The quantitative estimate of drug-likeness (QED) is 0.836. The van der Waals surface area contributed by atoms with Crippen molar-refractivity contribution in [3.63, 3.8) is 0 Å². The lowest BCUT2D eigenvalue weighted by Gasteiger charge is -2.09. The van der Waals surface area contributed by atoms with Crippen molar-refractivity contribution in [1.29, 1.82) is 0 Å². The molecule has 0 atom stereocenters. The number of aromatic nitrogens is 1. The topological polar surface area (TPSA) is 24.9 Å². The fourth-order valence-corrected chi connectivity index (χ4v) is 1.65. The zero-order valence-electron chi connectivity index (χ0n) is 9.92. The molecule has 0 aliphatic carbocycles. The highest BCUT2D eigenvalue weighted by Crippen LogP contribution is 2.33. The summed E-state index contributed by atoms with van der Waals surface area (Å²) >= 11 is 0. The minimum absolute atomic E-state index is 0.294. The van der Waals surface area contributed by atoms with Gasteiger partial charge in [-0.2, -0.15) is 13.2 Å². The number of nitrogens with one attached hydrogen (secondary N) is 1. The van der Waals surface area contributed by atoms with Crippen molar-refractivity contribution >= 4 is 5.69 Å². The summed E-state index contributed by atoms with van der Waals surface area (Å²) < 4.78 is 50.8. The zero-order valence-corrected chi connectivity index (χ0v) is 9.92. The molecule has 0 saturated carbocycles.